The van der Waals surface area contributed by atoms with Crippen LogP contribution in [0.2, 0.25) is 0 Å². The molecule has 0 fully saturated rings. The normalized spacial score (nSPS) is 15.8. The highest BCUT2D eigenvalue weighted by molar-refractivity contribution is 7.11. The van der Waals surface area contributed by atoms with E-state index >= 15 is 0 Å². The van der Waals surface area contributed by atoms with Crippen molar-refractivity contribution in [1.82, 2.24) is 9.88 Å². The van der Waals surface area contributed by atoms with E-state index < -0.39 is 5.97 Å². The Morgan fingerprint density at radius 1 is 1.59 bits per heavy atom. The maximum absolute atomic E-state index is 10.5. The Morgan fingerprint density at radius 2 is 2.41 bits per heavy atom. The van der Waals surface area contributed by atoms with Gasteiger partial charge in [-0.15, -0.1) is 11.3 Å². The van der Waals surface area contributed by atoms with Crippen LogP contribution in [-0.4, -0.2) is 34.0 Å². The molecule has 2 heterocycles. The third kappa shape index (κ3) is 3.26. The van der Waals surface area contributed by atoms with Crippen LogP contribution in [0.1, 0.15) is 35.3 Å². The van der Waals surface area contributed by atoms with Gasteiger partial charge in [0.2, 0.25) is 0 Å². The van der Waals surface area contributed by atoms with Crippen LogP contribution in [0.4, 0.5) is 0 Å². The highest BCUT2D eigenvalue weighted by atomic mass is 32.1. The average molecular weight is 254 g/mol. The van der Waals surface area contributed by atoms with Crippen LogP contribution in [0.5, 0.6) is 0 Å². The van der Waals surface area contributed by atoms with E-state index in [0.717, 1.165) is 32.4 Å². The van der Waals surface area contributed by atoms with Crippen LogP contribution in [0.15, 0.2) is 0 Å². The number of carboxylic acid groups (broad SMARTS) is 1. The van der Waals surface area contributed by atoms with Crippen LogP contribution >= 0.6 is 11.3 Å². The molecule has 0 saturated heterocycles. The van der Waals surface area contributed by atoms with Crippen LogP contribution in [-0.2, 0) is 24.2 Å². The molecule has 0 radical (unpaired) electrons. The molecule has 4 nitrogen and oxygen atoms in total. The number of hydrogen-bond donors (Lipinski definition) is 1. The van der Waals surface area contributed by atoms with E-state index in [9.17, 15) is 4.79 Å². The van der Waals surface area contributed by atoms with Crippen molar-refractivity contribution in [1.29, 1.82) is 0 Å². The Balaban J connectivity index is 1.95. The Labute approximate surface area is 105 Å². The summed E-state index contributed by atoms with van der Waals surface area (Å²) in [5, 5.41) is 9.91. The van der Waals surface area contributed by atoms with Crippen molar-refractivity contribution in [2.24, 2.45) is 0 Å². The Hall–Kier alpha value is -0.940. The molecule has 0 aliphatic carbocycles. The standard InChI is InChI=1S/C12H18N2O2S/c1-2-3-11-13-9-4-6-14(7-5-12(15)16)8-10(9)17-11/h2-8H2,1H3,(H,15,16). The number of carboxylic acids is 1. The van der Waals surface area contributed by atoms with E-state index in [0.29, 0.717) is 6.54 Å². The zero-order valence-corrected chi connectivity index (χ0v) is 10.9. The summed E-state index contributed by atoms with van der Waals surface area (Å²) in [6.07, 6.45) is 3.40. The number of carbonyl (C=O) groups is 1. The van der Waals surface area contributed by atoms with Crippen LogP contribution in [0.3, 0.4) is 0 Å². The van der Waals surface area contributed by atoms with E-state index in [-0.39, 0.29) is 6.42 Å². The molecule has 94 valence electrons. The van der Waals surface area contributed by atoms with Crippen molar-refractivity contribution in [3.05, 3.63) is 15.6 Å². The smallest absolute Gasteiger partial charge is 0.304 e. The molecular weight excluding hydrogens is 236 g/mol. The van der Waals surface area contributed by atoms with Crippen molar-refractivity contribution in [2.45, 2.75) is 39.2 Å². The zero-order valence-electron chi connectivity index (χ0n) is 10.1. The monoisotopic (exact) mass is 254 g/mol. The van der Waals surface area contributed by atoms with Crippen LogP contribution in [0.25, 0.3) is 0 Å². The lowest BCUT2D eigenvalue weighted by molar-refractivity contribution is -0.137. The second kappa shape index (κ2) is 5.60. The summed E-state index contributed by atoms with van der Waals surface area (Å²) in [4.78, 5) is 18.7. The van der Waals surface area contributed by atoms with E-state index in [1.807, 2.05) is 0 Å². The average Bonchev–Trinajstić information content (AvgIpc) is 2.68. The summed E-state index contributed by atoms with van der Waals surface area (Å²) in [7, 11) is 0. The van der Waals surface area contributed by atoms with Gasteiger partial charge >= 0.3 is 5.97 Å². The maximum atomic E-state index is 10.5. The number of hydrogen-bond acceptors (Lipinski definition) is 4. The molecule has 0 amide bonds. The molecule has 1 aromatic heterocycles. The topological polar surface area (TPSA) is 53.4 Å². The van der Waals surface area contributed by atoms with E-state index in [2.05, 4.69) is 16.8 Å². The van der Waals surface area contributed by atoms with Gasteiger partial charge in [-0.3, -0.25) is 9.69 Å². The molecule has 1 aliphatic heterocycles. The summed E-state index contributed by atoms with van der Waals surface area (Å²) in [5.41, 5.74) is 1.24. The lowest BCUT2D eigenvalue weighted by atomic mass is 10.1. The lowest BCUT2D eigenvalue weighted by Gasteiger charge is -2.24. The number of nitrogens with zero attached hydrogens (tertiary/aromatic N) is 2. The minimum atomic E-state index is -0.716. The molecule has 0 saturated carbocycles. The second-order valence-electron chi connectivity index (χ2n) is 4.40. The first-order valence-corrected chi connectivity index (χ1v) is 6.92. The fraction of sp³-hybridized carbons (Fsp3) is 0.667. The zero-order chi connectivity index (χ0) is 12.3. The Morgan fingerprint density at radius 3 is 3.12 bits per heavy atom. The SMILES string of the molecule is CCCc1nc2c(s1)CN(CCC(=O)O)CC2. The Kier molecular flexibility index (Phi) is 4.12. The predicted octanol–water partition coefficient (Wildman–Crippen LogP) is 1.93. The van der Waals surface area contributed by atoms with E-state index in [1.165, 1.54) is 15.6 Å². The number of aromatic nitrogens is 1. The van der Waals surface area contributed by atoms with Gasteiger partial charge in [-0.05, 0) is 12.8 Å². The molecule has 0 bridgehead atoms. The molecule has 1 aromatic rings. The summed E-state index contributed by atoms with van der Waals surface area (Å²) in [5.74, 6) is -0.716. The molecule has 0 spiro atoms. The third-order valence-electron chi connectivity index (χ3n) is 2.96. The van der Waals surface area contributed by atoms with Crippen molar-refractivity contribution in [3.8, 4) is 0 Å². The number of aliphatic carboxylic acids is 1. The fourth-order valence-electron chi connectivity index (χ4n) is 2.07. The van der Waals surface area contributed by atoms with Crippen LogP contribution in [0, 0.1) is 0 Å². The molecule has 17 heavy (non-hydrogen) atoms. The van der Waals surface area contributed by atoms with Gasteiger partial charge in [0.15, 0.2) is 0 Å². The minimum Gasteiger partial charge on any atom is -0.481 e. The van der Waals surface area contributed by atoms with Crippen molar-refractivity contribution in [3.63, 3.8) is 0 Å². The summed E-state index contributed by atoms with van der Waals surface area (Å²) in [6.45, 7) is 4.63. The molecule has 5 heteroatoms. The van der Waals surface area contributed by atoms with Gasteiger partial charge in [0, 0.05) is 30.9 Å². The Bertz CT molecular complexity index is 403. The van der Waals surface area contributed by atoms with E-state index in [1.54, 1.807) is 11.3 Å². The van der Waals surface area contributed by atoms with Gasteiger partial charge in [-0.2, -0.15) is 0 Å². The molecule has 0 unspecified atom stereocenters. The first-order valence-electron chi connectivity index (χ1n) is 6.10. The van der Waals surface area contributed by atoms with Crippen molar-refractivity contribution >= 4 is 17.3 Å². The van der Waals surface area contributed by atoms with Gasteiger partial charge < -0.3 is 5.11 Å². The lowest BCUT2D eigenvalue weighted by Crippen LogP contribution is -2.31. The van der Waals surface area contributed by atoms with Gasteiger partial charge in [-0.1, -0.05) is 6.92 Å². The number of fused-ring (bicyclic) bond motifs is 1. The largest absolute Gasteiger partial charge is 0.481 e. The second-order valence-corrected chi connectivity index (χ2v) is 5.57. The van der Waals surface area contributed by atoms with Crippen molar-refractivity contribution < 1.29 is 9.90 Å². The molecule has 1 N–H and O–H groups in total. The molecule has 0 atom stereocenters. The van der Waals surface area contributed by atoms with Gasteiger partial charge in [0.25, 0.3) is 0 Å². The molecule has 2 rings (SSSR count). The highest BCUT2D eigenvalue weighted by Gasteiger charge is 2.20. The first kappa shape index (κ1) is 12.5. The number of aryl methyl sites for hydroxylation is 1. The highest BCUT2D eigenvalue weighted by Crippen LogP contribution is 2.25. The quantitative estimate of drug-likeness (QED) is 0.872. The van der Waals surface area contributed by atoms with Crippen molar-refractivity contribution in [2.75, 3.05) is 13.1 Å². The predicted molar refractivity (Wildman–Crippen MR) is 67.3 cm³/mol. The van der Waals surface area contributed by atoms with Crippen LogP contribution < -0.4 is 0 Å². The minimum absolute atomic E-state index is 0.232. The third-order valence-corrected chi connectivity index (χ3v) is 4.10. The first-order chi connectivity index (χ1) is 8.19. The molecule has 0 aromatic carbocycles. The fourth-order valence-corrected chi connectivity index (χ4v) is 3.33. The molecule has 1 aliphatic rings. The van der Waals surface area contributed by atoms with Gasteiger partial charge in [0.05, 0.1) is 17.1 Å². The number of rotatable bonds is 5. The molecular formula is C12H18N2O2S. The van der Waals surface area contributed by atoms with Gasteiger partial charge in [-0.25, -0.2) is 4.98 Å². The summed E-state index contributed by atoms with van der Waals surface area (Å²) < 4.78 is 0. The summed E-state index contributed by atoms with van der Waals surface area (Å²) >= 11 is 1.80. The number of thiazole rings is 1. The van der Waals surface area contributed by atoms with Gasteiger partial charge in [0.1, 0.15) is 0 Å². The van der Waals surface area contributed by atoms with E-state index in [4.69, 9.17) is 5.11 Å². The maximum Gasteiger partial charge on any atom is 0.304 e. The summed E-state index contributed by atoms with van der Waals surface area (Å²) in [6, 6.07) is 0.